The van der Waals surface area contributed by atoms with Crippen molar-refractivity contribution in [1.29, 1.82) is 0 Å². The molecule has 0 saturated carbocycles. The Hall–Kier alpha value is -6.59. The molecule has 0 atom stereocenters. The Morgan fingerprint density at radius 1 is 0.396 bits per heavy atom. The lowest BCUT2D eigenvalue weighted by Gasteiger charge is -2.25. The number of nitrogens with zero attached hydrogens (tertiary/aromatic N) is 2. The monoisotopic (exact) mass is 618 g/mol. The fraction of sp³-hybridized carbons (Fsp3) is 0. The van der Waals surface area contributed by atoms with Gasteiger partial charge >= 0.3 is 0 Å². The molecule has 3 aromatic heterocycles. The highest BCUT2D eigenvalue weighted by atomic mass is 16.4. The van der Waals surface area contributed by atoms with Crippen molar-refractivity contribution in [3.05, 3.63) is 158 Å². The number of aromatic nitrogens is 1. The Morgan fingerprint density at radius 2 is 1.00 bits per heavy atom. The molecule has 0 spiro atoms. The molecule has 48 heavy (non-hydrogen) atoms. The highest BCUT2D eigenvalue weighted by Crippen LogP contribution is 2.44. The van der Waals surface area contributed by atoms with E-state index in [4.69, 9.17) is 18.2 Å². The molecular weight excluding hydrogens is 592 g/mol. The number of oxazole rings is 1. The molecule has 5 heteroatoms. The van der Waals surface area contributed by atoms with Crippen LogP contribution in [-0.4, -0.2) is 4.98 Å². The van der Waals surface area contributed by atoms with Gasteiger partial charge in [-0.05, 0) is 72.3 Å². The van der Waals surface area contributed by atoms with Gasteiger partial charge in [0.1, 0.15) is 27.8 Å². The van der Waals surface area contributed by atoms with E-state index in [2.05, 4.69) is 89.8 Å². The van der Waals surface area contributed by atoms with E-state index in [9.17, 15) is 0 Å². The van der Waals surface area contributed by atoms with Gasteiger partial charge in [0.15, 0.2) is 5.58 Å². The predicted octanol–water partition coefficient (Wildman–Crippen LogP) is 12.4. The average Bonchev–Trinajstić information content (AvgIpc) is 3.85. The molecule has 7 aromatic carbocycles. The molecule has 0 unspecified atom stereocenters. The smallest absolute Gasteiger partial charge is 0.227 e. The predicted molar refractivity (Wildman–Crippen MR) is 194 cm³/mol. The van der Waals surface area contributed by atoms with Crippen molar-refractivity contribution in [2.45, 2.75) is 0 Å². The van der Waals surface area contributed by atoms with Crippen LogP contribution in [0.2, 0.25) is 0 Å². The Kier molecular flexibility index (Phi) is 5.81. The van der Waals surface area contributed by atoms with Gasteiger partial charge in [0.2, 0.25) is 5.89 Å². The average molecular weight is 619 g/mol. The number of hydrogen-bond donors (Lipinski definition) is 0. The molecule has 5 nitrogen and oxygen atoms in total. The van der Waals surface area contributed by atoms with Crippen LogP contribution >= 0.6 is 0 Å². The zero-order chi connectivity index (χ0) is 31.6. The fourth-order valence-corrected chi connectivity index (χ4v) is 6.87. The molecule has 0 radical (unpaired) electrons. The third-order valence-electron chi connectivity index (χ3n) is 9.10. The summed E-state index contributed by atoms with van der Waals surface area (Å²) in [7, 11) is 0. The van der Waals surface area contributed by atoms with E-state index in [-0.39, 0.29) is 0 Å². The van der Waals surface area contributed by atoms with Gasteiger partial charge in [-0.15, -0.1) is 0 Å². The maximum Gasteiger partial charge on any atom is 0.227 e. The lowest BCUT2D eigenvalue weighted by atomic mass is 10.00. The van der Waals surface area contributed by atoms with Crippen molar-refractivity contribution in [3.63, 3.8) is 0 Å². The van der Waals surface area contributed by atoms with Crippen molar-refractivity contribution >= 4 is 72.0 Å². The third kappa shape index (κ3) is 4.15. The van der Waals surface area contributed by atoms with E-state index in [0.29, 0.717) is 5.89 Å². The van der Waals surface area contributed by atoms with E-state index in [1.54, 1.807) is 0 Å². The topological polar surface area (TPSA) is 55.6 Å². The largest absolute Gasteiger partial charge is 0.456 e. The number of para-hydroxylation sites is 3. The van der Waals surface area contributed by atoms with Crippen LogP contribution in [0.25, 0.3) is 77.6 Å². The van der Waals surface area contributed by atoms with Crippen LogP contribution in [0.3, 0.4) is 0 Å². The van der Waals surface area contributed by atoms with Gasteiger partial charge in [-0.1, -0.05) is 84.9 Å². The standard InChI is InChI=1S/C43H26N2O3/c1-3-11-28(12-4-1)43-44-41-39(48-43)26-35-33-16-8-10-18-37(33)47-42(35)40(41)27-19-21-30(22-20-27)45(29-13-5-2-6-14-29)31-23-24-34-32-15-7-9-17-36(32)46-38(34)25-31/h1-26H. The van der Waals surface area contributed by atoms with Gasteiger partial charge in [0, 0.05) is 50.2 Å². The molecule has 0 saturated heterocycles. The quantitative estimate of drug-likeness (QED) is 0.192. The van der Waals surface area contributed by atoms with Crippen LogP contribution in [-0.2, 0) is 0 Å². The van der Waals surface area contributed by atoms with Crippen LogP contribution in [0, 0.1) is 0 Å². The number of hydrogen-bond acceptors (Lipinski definition) is 5. The van der Waals surface area contributed by atoms with E-state index < -0.39 is 0 Å². The summed E-state index contributed by atoms with van der Waals surface area (Å²) in [5.74, 6) is 0.580. The zero-order valence-corrected chi connectivity index (χ0v) is 25.6. The summed E-state index contributed by atoms with van der Waals surface area (Å²) >= 11 is 0. The van der Waals surface area contributed by atoms with Crippen LogP contribution in [0.5, 0.6) is 0 Å². The first-order valence-electron chi connectivity index (χ1n) is 16.0. The molecule has 10 aromatic rings. The second kappa shape index (κ2) is 10.5. The molecular formula is C43H26N2O3. The minimum absolute atomic E-state index is 0.580. The zero-order valence-electron chi connectivity index (χ0n) is 25.6. The first kappa shape index (κ1) is 26.6. The second-order valence-electron chi connectivity index (χ2n) is 12.0. The summed E-state index contributed by atoms with van der Waals surface area (Å²) in [5.41, 5.74) is 10.7. The van der Waals surface area contributed by atoms with Crippen LogP contribution in [0.4, 0.5) is 17.1 Å². The summed E-state index contributed by atoms with van der Waals surface area (Å²) in [5, 5.41) is 4.26. The molecule has 226 valence electrons. The van der Waals surface area contributed by atoms with Crippen molar-refractivity contribution in [2.24, 2.45) is 0 Å². The highest BCUT2D eigenvalue weighted by molar-refractivity contribution is 6.16. The SMILES string of the molecule is c1ccc(-c2nc3c(-c4ccc(N(c5ccccc5)c5ccc6c(c5)oc5ccccc56)cc4)c4oc5ccccc5c4cc3o2)cc1. The summed E-state index contributed by atoms with van der Waals surface area (Å²) in [6.07, 6.45) is 0. The van der Waals surface area contributed by atoms with Crippen LogP contribution in [0.1, 0.15) is 0 Å². The Labute approximate surface area is 274 Å². The van der Waals surface area contributed by atoms with Crippen molar-refractivity contribution in [1.82, 2.24) is 4.98 Å². The normalized spacial score (nSPS) is 11.8. The number of anilines is 3. The number of rotatable bonds is 5. The molecule has 0 amide bonds. The fourth-order valence-electron chi connectivity index (χ4n) is 6.87. The molecule has 3 heterocycles. The van der Waals surface area contributed by atoms with Crippen LogP contribution in [0.15, 0.2) is 171 Å². The minimum Gasteiger partial charge on any atom is -0.456 e. The molecule has 0 N–H and O–H groups in total. The van der Waals surface area contributed by atoms with Gasteiger partial charge in [-0.2, -0.15) is 0 Å². The van der Waals surface area contributed by atoms with Crippen molar-refractivity contribution in [3.8, 4) is 22.6 Å². The summed E-state index contributed by atoms with van der Waals surface area (Å²) < 4.78 is 19.2. The summed E-state index contributed by atoms with van der Waals surface area (Å²) in [6, 6.07) is 53.8. The Balaban J connectivity index is 1.15. The summed E-state index contributed by atoms with van der Waals surface area (Å²) in [4.78, 5) is 7.28. The van der Waals surface area contributed by atoms with Gasteiger partial charge < -0.3 is 18.2 Å². The Bertz CT molecular complexity index is 2770. The van der Waals surface area contributed by atoms with Crippen LogP contribution < -0.4 is 4.90 Å². The number of furan rings is 2. The molecule has 0 fully saturated rings. The van der Waals surface area contributed by atoms with Gasteiger partial charge in [0.05, 0.1) is 5.56 Å². The van der Waals surface area contributed by atoms with Crippen molar-refractivity contribution < 1.29 is 13.3 Å². The maximum atomic E-state index is 6.54. The number of fused-ring (bicyclic) bond motifs is 7. The lowest BCUT2D eigenvalue weighted by Crippen LogP contribution is -2.09. The van der Waals surface area contributed by atoms with E-state index in [1.807, 2.05) is 72.8 Å². The van der Waals surface area contributed by atoms with E-state index in [1.165, 1.54) is 0 Å². The second-order valence-corrected chi connectivity index (χ2v) is 12.0. The van der Waals surface area contributed by atoms with Crippen molar-refractivity contribution in [2.75, 3.05) is 4.90 Å². The van der Waals surface area contributed by atoms with E-state index >= 15 is 0 Å². The molecule has 10 rings (SSSR count). The van der Waals surface area contributed by atoms with E-state index in [0.717, 1.165) is 88.7 Å². The minimum atomic E-state index is 0.580. The first-order chi connectivity index (χ1) is 23.8. The van der Waals surface area contributed by atoms with Gasteiger partial charge in [0.25, 0.3) is 0 Å². The molecule has 0 bridgehead atoms. The lowest BCUT2D eigenvalue weighted by molar-refractivity contribution is 0.620. The third-order valence-corrected chi connectivity index (χ3v) is 9.10. The highest BCUT2D eigenvalue weighted by Gasteiger charge is 2.22. The molecule has 0 aliphatic heterocycles. The van der Waals surface area contributed by atoms with Gasteiger partial charge in [-0.25, -0.2) is 4.98 Å². The molecule has 0 aliphatic carbocycles. The maximum absolute atomic E-state index is 6.54. The molecule has 0 aliphatic rings. The Morgan fingerprint density at radius 3 is 1.77 bits per heavy atom. The van der Waals surface area contributed by atoms with Gasteiger partial charge in [-0.3, -0.25) is 0 Å². The first-order valence-corrected chi connectivity index (χ1v) is 16.0. The summed E-state index contributed by atoms with van der Waals surface area (Å²) in [6.45, 7) is 0. The number of benzene rings is 7.